The highest BCUT2D eigenvalue weighted by atomic mass is 35.5. The van der Waals surface area contributed by atoms with Crippen LogP contribution in [0.15, 0.2) is 71.7 Å². The Balaban J connectivity index is 1.94. The molecule has 2 aromatic carbocycles. The Bertz CT molecular complexity index is 1050. The summed E-state index contributed by atoms with van der Waals surface area (Å²) in [6.07, 6.45) is 4.16. The van der Waals surface area contributed by atoms with Gasteiger partial charge in [0, 0.05) is 38.1 Å². The van der Waals surface area contributed by atoms with Gasteiger partial charge in [0.05, 0.1) is 25.7 Å². The van der Waals surface area contributed by atoms with E-state index in [1.54, 1.807) is 26.4 Å². The first kappa shape index (κ1) is 26.4. The molecule has 1 aliphatic rings. The maximum atomic E-state index is 14.3. The summed E-state index contributed by atoms with van der Waals surface area (Å²) in [5.74, 6) is 2.37. The number of ether oxygens (including phenoxy) is 3. The number of halogens is 1. The quantitative estimate of drug-likeness (QED) is 0.291. The van der Waals surface area contributed by atoms with Crippen molar-refractivity contribution in [2.45, 2.75) is 32.7 Å². The monoisotopic (exact) mass is 505 g/mol. The van der Waals surface area contributed by atoms with E-state index in [2.05, 4.69) is 0 Å². The molecule has 0 amide bonds. The molecule has 8 heteroatoms. The van der Waals surface area contributed by atoms with Gasteiger partial charge in [-0.1, -0.05) is 35.9 Å². The van der Waals surface area contributed by atoms with E-state index in [0.717, 1.165) is 41.1 Å². The molecule has 1 aliphatic carbocycles. The van der Waals surface area contributed by atoms with Gasteiger partial charge in [-0.15, -0.1) is 0 Å². The number of rotatable bonds is 12. The summed E-state index contributed by atoms with van der Waals surface area (Å²) in [4.78, 5) is 0. The topological polar surface area (TPSA) is 57.2 Å². The van der Waals surface area contributed by atoms with E-state index < -0.39 is 7.52 Å². The molecule has 0 fully saturated rings. The van der Waals surface area contributed by atoms with Gasteiger partial charge in [0.25, 0.3) is 0 Å². The maximum absolute atomic E-state index is 14.3. The number of benzene rings is 2. The standard InChI is InChI=1S/C26H33ClNO5P/c1-20-14-21(16-23(27)15-20)18-28(13-12-22-17-25(31-3)10-11-26(22)32-4)34(29,19-30-2)33-24-8-6-5-7-9-24/h5-9,14-17H,10-13,18-19H2,1-4H3. The van der Waals surface area contributed by atoms with Crippen LogP contribution in [0.3, 0.4) is 0 Å². The molecule has 0 N–H and O–H groups in total. The molecule has 6 nitrogen and oxygen atoms in total. The van der Waals surface area contributed by atoms with Crippen LogP contribution < -0.4 is 4.52 Å². The summed E-state index contributed by atoms with van der Waals surface area (Å²) in [5.41, 5.74) is 3.02. The van der Waals surface area contributed by atoms with Crippen molar-refractivity contribution >= 4 is 19.1 Å². The minimum atomic E-state index is -3.41. The van der Waals surface area contributed by atoms with Crippen LogP contribution in [0.1, 0.15) is 30.4 Å². The van der Waals surface area contributed by atoms with E-state index in [1.807, 2.05) is 54.1 Å². The molecule has 0 bridgehead atoms. The Morgan fingerprint density at radius 2 is 1.79 bits per heavy atom. The van der Waals surface area contributed by atoms with Gasteiger partial charge in [0.2, 0.25) is 0 Å². The van der Waals surface area contributed by atoms with Crippen LogP contribution in [0.4, 0.5) is 0 Å². The molecule has 0 aromatic heterocycles. The SMILES string of the molecule is COCP(=O)(Oc1ccccc1)N(CCC1=C(OC)CCC(OC)=C1)Cc1cc(C)cc(Cl)c1. The zero-order valence-electron chi connectivity index (χ0n) is 20.3. The van der Waals surface area contributed by atoms with Gasteiger partial charge in [-0.3, -0.25) is 4.57 Å². The highest BCUT2D eigenvalue weighted by Crippen LogP contribution is 2.52. The van der Waals surface area contributed by atoms with Gasteiger partial charge in [-0.2, -0.15) is 0 Å². The summed E-state index contributed by atoms with van der Waals surface area (Å²) in [7, 11) is 1.48. The minimum absolute atomic E-state index is 0.0449. The molecule has 0 heterocycles. The zero-order chi connectivity index (χ0) is 24.6. The van der Waals surface area contributed by atoms with Crippen LogP contribution in [0.2, 0.25) is 5.02 Å². The van der Waals surface area contributed by atoms with Crippen molar-refractivity contribution in [3.05, 3.63) is 87.8 Å². The molecular formula is C26H33ClNO5P. The average Bonchev–Trinajstić information content (AvgIpc) is 2.81. The Morgan fingerprint density at radius 1 is 1.03 bits per heavy atom. The highest BCUT2D eigenvalue weighted by molar-refractivity contribution is 7.56. The summed E-state index contributed by atoms with van der Waals surface area (Å²) in [6.45, 7) is 2.85. The van der Waals surface area contributed by atoms with Gasteiger partial charge in [0.1, 0.15) is 12.1 Å². The molecule has 0 aliphatic heterocycles. The maximum Gasteiger partial charge on any atom is 0.344 e. The van der Waals surface area contributed by atoms with Crippen LogP contribution in [0.25, 0.3) is 0 Å². The predicted molar refractivity (Wildman–Crippen MR) is 136 cm³/mol. The Hall–Kier alpha value is -2.24. The van der Waals surface area contributed by atoms with Crippen molar-refractivity contribution in [1.82, 2.24) is 4.67 Å². The highest BCUT2D eigenvalue weighted by Gasteiger charge is 2.34. The van der Waals surface area contributed by atoms with E-state index in [4.69, 9.17) is 30.3 Å². The Morgan fingerprint density at radius 3 is 2.44 bits per heavy atom. The van der Waals surface area contributed by atoms with Crippen molar-refractivity contribution in [1.29, 1.82) is 0 Å². The molecule has 2 aromatic rings. The number of allylic oxidation sites excluding steroid dienone is 3. The first-order valence-electron chi connectivity index (χ1n) is 11.2. The second kappa shape index (κ2) is 12.5. The molecule has 1 unspecified atom stereocenters. The number of nitrogens with zero attached hydrogens (tertiary/aromatic N) is 1. The normalized spacial score (nSPS) is 15.6. The Kier molecular flexibility index (Phi) is 9.66. The van der Waals surface area contributed by atoms with Crippen LogP contribution in [-0.4, -0.2) is 38.9 Å². The first-order valence-corrected chi connectivity index (χ1v) is 13.4. The summed E-state index contributed by atoms with van der Waals surface area (Å²) >= 11 is 6.32. The van der Waals surface area contributed by atoms with Gasteiger partial charge >= 0.3 is 7.52 Å². The summed E-state index contributed by atoms with van der Waals surface area (Å²) in [6, 6.07) is 15.0. The van der Waals surface area contributed by atoms with E-state index >= 15 is 0 Å². The fourth-order valence-corrected chi connectivity index (χ4v) is 6.23. The number of hydrogen-bond donors (Lipinski definition) is 0. The van der Waals surface area contributed by atoms with Crippen LogP contribution in [0.5, 0.6) is 5.75 Å². The number of hydrogen-bond acceptors (Lipinski definition) is 5. The van der Waals surface area contributed by atoms with E-state index in [0.29, 0.717) is 30.3 Å². The van der Waals surface area contributed by atoms with Crippen molar-refractivity contribution in [3.63, 3.8) is 0 Å². The molecule has 0 radical (unpaired) electrons. The molecule has 0 spiro atoms. The van der Waals surface area contributed by atoms with Crippen LogP contribution >= 0.6 is 19.1 Å². The van der Waals surface area contributed by atoms with E-state index in [9.17, 15) is 4.57 Å². The fraction of sp³-hybridized carbons (Fsp3) is 0.385. The fourth-order valence-electron chi connectivity index (χ4n) is 4.03. The smallest absolute Gasteiger partial charge is 0.344 e. The number of methoxy groups -OCH3 is 3. The summed E-state index contributed by atoms with van der Waals surface area (Å²) in [5, 5.41) is 0.643. The Labute approximate surface area is 207 Å². The molecule has 184 valence electrons. The largest absolute Gasteiger partial charge is 0.501 e. The van der Waals surface area contributed by atoms with Gasteiger partial charge in [-0.25, -0.2) is 4.67 Å². The van der Waals surface area contributed by atoms with E-state index in [-0.39, 0.29) is 6.35 Å². The molecular weight excluding hydrogens is 473 g/mol. The first-order chi connectivity index (χ1) is 16.4. The third-order valence-corrected chi connectivity index (χ3v) is 8.12. The predicted octanol–water partition coefficient (Wildman–Crippen LogP) is 6.94. The van der Waals surface area contributed by atoms with Crippen molar-refractivity contribution in [2.24, 2.45) is 0 Å². The summed E-state index contributed by atoms with van der Waals surface area (Å²) < 4.78 is 38.7. The van der Waals surface area contributed by atoms with Crippen LogP contribution in [-0.2, 0) is 25.3 Å². The molecule has 3 rings (SSSR count). The molecule has 0 saturated carbocycles. The third kappa shape index (κ3) is 7.13. The average molecular weight is 506 g/mol. The zero-order valence-corrected chi connectivity index (χ0v) is 21.9. The second-order valence-electron chi connectivity index (χ2n) is 8.20. The van der Waals surface area contributed by atoms with Crippen molar-refractivity contribution in [2.75, 3.05) is 34.2 Å². The lowest BCUT2D eigenvalue weighted by molar-refractivity contribution is 0.218. The lowest BCUT2D eigenvalue weighted by atomic mass is 10.0. The number of aryl methyl sites for hydroxylation is 1. The third-order valence-electron chi connectivity index (χ3n) is 5.62. The molecule has 0 saturated heterocycles. The lowest BCUT2D eigenvalue weighted by Crippen LogP contribution is -2.27. The van der Waals surface area contributed by atoms with E-state index in [1.165, 1.54) is 7.11 Å². The van der Waals surface area contributed by atoms with Gasteiger partial charge in [-0.05, 0) is 60.4 Å². The van der Waals surface area contributed by atoms with Gasteiger partial charge in [0.15, 0.2) is 0 Å². The van der Waals surface area contributed by atoms with Crippen molar-refractivity contribution in [3.8, 4) is 5.75 Å². The minimum Gasteiger partial charge on any atom is -0.501 e. The molecule has 1 atom stereocenters. The molecule has 34 heavy (non-hydrogen) atoms. The van der Waals surface area contributed by atoms with Crippen molar-refractivity contribution < 1.29 is 23.3 Å². The van der Waals surface area contributed by atoms with Gasteiger partial charge < -0.3 is 18.7 Å². The second-order valence-corrected chi connectivity index (χ2v) is 10.9. The van der Waals surface area contributed by atoms with Crippen LogP contribution in [0, 0.1) is 6.92 Å². The lowest BCUT2D eigenvalue weighted by Gasteiger charge is -2.32. The number of para-hydroxylation sites is 1.